The predicted molar refractivity (Wildman–Crippen MR) is 266 cm³/mol. The van der Waals surface area contributed by atoms with Crippen molar-refractivity contribution in [3.05, 3.63) is 108 Å². The van der Waals surface area contributed by atoms with Crippen LogP contribution in [0.1, 0.15) is 74.5 Å². The molecule has 18 heteroatoms. The molecule has 6 amide bonds. The first-order chi connectivity index (χ1) is 33.6. The molecule has 15 N–H and O–H groups in total. The lowest BCUT2D eigenvalue weighted by Crippen LogP contribution is -2.62. The van der Waals surface area contributed by atoms with E-state index in [0.29, 0.717) is 58.2 Å². The van der Waals surface area contributed by atoms with E-state index in [1.165, 1.54) is 0 Å². The van der Waals surface area contributed by atoms with Gasteiger partial charge in [-0.25, -0.2) is 0 Å². The number of rotatable bonds is 18. The second-order valence-corrected chi connectivity index (χ2v) is 17.9. The van der Waals surface area contributed by atoms with Gasteiger partial charge in [-0.2, -0.15) is 0 Å². The first-order valence-electron chi connectivity index (χ1n) is 24.1. The molecule has 1 saturated heterocycles. The molecule has 4 heterocycles. The Hall–Kier alpha value is -7.02. The molecule has 69 heavy (non-hydrogen) atoms. The number of aromatic amines is 3. The Bertz CT molecular complexity index is 2420. The van der Waals surface area contributed by atoms with E-state index in [2.05, 4.69) is 46.9 Å². The number of hydrogen-bond donors (Lipinski definition) is 12. The van der Waals surface area contributed by atoms with Crippen molar-refractivity contribution in [3.63, 3.8) is 0 Å². The number of carbonyl (C=O) groups excluding carboxylic acids is 6. The molecule has 366 valence electrons. The summed E-state index contributed by atoms with van der Waals surface area (Å²) in [6, 6.07) is 15.6. The van der Waals surface area contributed by atoms with Gasteiger partial charge in [0.25, 0.3) is 0 Å². The third-order valence-corrected chi connectivity index (χ3v) is 12.9. The van der Waals surface area contributed by atoms with Crippen LogP contribution in [0, 0.1) is 0 Å². The Balaban J connectivity index is 1.30. The topological polar surface area (TPSA) is 300 Å². The molecule has 3 aromatic heterocycles. The van der Waals surface area contributed by atoms with Crippen LogP contribution in [-0.4, -0.2) is 106 Å². The number of benzene rings is 3. The van der Waals surface area contributed by atoms with Crippen LogP contribution >= 0.6 is 0 Å². The summed E-state index contributed by atoms with van der Waals surface area (Å²) in [5, 5.41) is 20.1. The Morgan fingerprint density at radius 3 is 0.855 bits per heavy atom. The normalized spacial score (nSPS) is 21.3. The first kappa shape index (κ1) is 49.9. The third kappa shape index (κ3) is 13.0. The summed E-state index contributed by atoms with van der Waals surface area (Å²) in [4.78, 5) is 97.8. The van der Waals surface area contributed by atoms with Crippen molar-refractivity contribution >= 4 is 68.2 Å². The van der Waals surface area contributed by atoms with Crippen LogP contribution in [0.4, 0.5) is 0 Å². The lowest BCUT2D eigenvalue weighted by Gasteiger charge is -2.29. The summed E-state index contributed by atoms with van der Waals surface area (Å²) in [6.45, 7) is 1.04. The molecule has 1 aliphatic rings. The van der Waals surface area contributed by atoms with Crippen molar-refractivity contribution in [2.24, 2.45) is 17.2 Å². The number of hydrogen-bond acceptors (Lipinski definition) is 9. The predicted octanol–water partition coefficient (Wildman–Crippen LogP) is 2.47. The summed E-state index contributed by atoms with van der Waals surface area (Å²) < 4.78 is 0. The highest BCUT2D eigenvalue weighted by molar-refractivity contribution is 5.99. The van der Waals surface area contributed by atoms with Crippen LogP contribution in [0.15, 0.2) is 91.4 Å². The van der Waals surface area contributed by atoms with Crippen molar-refractivity contribution in [1.82, 2.24) is 46.9 Å². The maximum absolute atomic E-state index is 14.7. The minimum Gasteiger partial charge on any atom is -0.361 e. The van der Waals surface area contributed by atoms with Crippen molar-refractivity contribution in [2.45, 2.75) is 113 Å². The quantitative estimate of drug-likeness (QED) is 0.0563. The summed E-state index contributed by atoms with van der Waals surface area (Å²) >= 11 is 0. The second kappa shape index (κ2) is 24.3. The highest BCUT2D eigenvalue weighted by atomic mass is 16.2. The van der Waals surface area contributed by atoms with Gasteiger partial charge in [0.15, 0.2) is 0 Å². The molecule has 0 aliphatic carbocycles. The number of fused-ring (bicyclic) bond motifs is 3. The highest BCUT2D eigenvalue weighted by Gasteiger charge is 2.36. The van der Waals surface area contributed by atoms with Crippen LogP contribution in [-0.2, 0) is 48.0 Å². The van der Waals surface area contributed by atoms with Gasteiger partial charge in [-0.15, -0.1) is 0 Å². The number of nitrogens with two attached hydrogens (primary N) is 3. The van der Waals surface area contributed by atoms with Gasteiger partial charge in [0, 0.05) is 70.6 Å². The van der Waals surface area contributed by atoms with E-state index in [9.17, 15) is 28.8 Å². The number of nitrogens with one attached hydrogen (secondary N) is 9. The first-order valence-corrected chi connectivity index (χ1v) is 24.1. The lowest BCUT2D eigenvalue weighted by atomic mass is 9.99. The molecule has 7 rings (SSSR count). The molecule has 6 aromatic rings. The number of aromatic nitrogens is 3. The number of carbonyl (C=O) groups is 6. The molecule has 0 bridgehead atoms. The molecule has 1 aliphatic heterocycles. The minimum atomic E-state index is -1.23. The zero-order chi connectivity index (χ0) is 48.7. The van der Waals surface area contributed by atoms with Crippen LogP contribution in [0.25, 0.3) is 32.7 Å². The van der Waals surface area contributed by atoms with E-state index in [1.807, 2.05) is 72.8 Å². The summed E-state index contributed by atoms with van der Waals surface area (Å²) in [5.74, 6) is -3.82. The molecule has 3 aromatic carbocycles. The minimum absolute atomic E-state index is 0.0264. The van der Waals surface area contributed by atoms with Gasteiger partial charge in [0.2, 0.25) is 35.4 Å². The standard InChI is InChI=1S/C51H66N12O6/c52-22-10-7-19-40-46(64)61-43(25-31-28-55-37-16-4-1-13-34(31)37)49(67)58-41(20-8-11-23-53)47(65)62-45(27-33-30-57-39-18-6-3-15-36(33)39)51(69)60-42(21-9-12-24-54)48(66)63-44(50(68)59-40)26-32-29-56-38-17-5-2-14-35(32)38/h1-6,13-18,28-30,40-45,55-57H,7-12,19-27,52-54H2,(H,58,67)(H,59,68)(H,60,69)(H,61,64)(H,62,65)(H,63,66)/t40-,41-,42-,43+,44+,45+/m1/s1. The van der Waals surface area contributed by atoms with E-state index in [4.69, 9.17) is 17.2 Å². The third-order valence-electron chi connectivity index (χ3n) is 12.9. The fourth-order valence-electron chi connectivity index (χ4n) is 9.11. The molecule has 0 saturated carbocycles. The van der Waals surface area contributed by atoms with Crippen molar-refractivity contribution in [2.75, 3.05) is 19.6 Å². The molecular weight excluding hydrogens is 877 g/mol. The summed E-state index contributed by atoms with van der Waals surface area (Å²) in [7, 11) is 0. The zero-order valence-corrected chi connectivity index (χ0v) is 38.9. The number of para-hydroxylation sites is 3. The van der Waals surface area contributed by atoms with E-state index in [0.717, 1.165) is 49.4 Å². The van der Waals surface area contributed by atoms with Gasteiger partial charge in [0.05, 0.1) is 0 Å². The van der Waals surface area contributed by atoms with E-state index < -0.39 is 71.7 Å². The summed E-state index contributed by atoms with van der Waals surface area (Å²) in [5.41, 5.74) is 22.3. The Morgan fingerprint density at radius 2 is 0.580 bits per heavy atom. The van der Waals surface area contributed by atoms with Crippen LogP contribution in [0.3, 0.4) is 0 Å². The molecule has 0 unspecified atom stereocenters. The van der Waals surface area contributed by atoms with Crippen molar-refractivity contribution in [3.8, 4) is 0 Å². The molecule has 0 radical (unpaired) electrons. The average Bonchev–Trinajstić information content (AvgIpc) is 4.09. The molecule has 1 fully saturated rings. The fourth-order valence-corrected chi connectivity index (χ4v) is 9.11. The Morgan fingerprint density at radius 1 is 0.333 bits per heavy atom. The average molecular weight is 943 g/mol. The van der Waals surface area contributed by atoms with E-state index >= 15 is 0 Å². The second-order valence-electron chi connectivity index (χ2n) is 17.9. The van der Waals surface area contributed by atoms with E-state index in [-0.39, 0.29) is 38.5 Å². The fraction of sp³-hybridized carbons (Fsp3) is 0.412. The highest BCUT2D eigenvalue weighted by Crippen LogP contribution is 2.23. The smallest absolute Gasteiger partial charge is 0.243 e. The van der Waals surface area contributed by atoms with Gasteiger partial charge >= 0.3 is 0 Å². The lowest BCUT2D eigenvalue weighted by molar-refractivity contribution is -0.136. The number of amides is 6. The van der Waals surface area contributed by atoms with Crippen LogP contribution in [0.2, 0.25) is 0 Å². The van der Waals surface area contributed by atoms with Gasteiger partial charge in [-0.1, -0.05) is 54.6 Å². The molecule has 0 spiro atoms. The Kier molecular flexibility index (Phi) is 17.6. The van der Waals surface area contributed by atoms with Crippen molar-refractivity contribution < 1.29 is 28.8 Å². The molecular formula is C51H66N12O6. The van der Waals surface area contributed by atoms with Gasteiger partial charge in [0.1, 0.15) is 36.3 Å². The number of H-pyrrole nitrogens is 3. The van der Waals surface area contributed by atoms with Crippen LogP contribution in [0.5, 0.6) is 0 Å². The van der Waals surface area contributed by atoms with Gasteiger partial charge in [-0.3, -0.25) is 28.8 Å². The summed E-state index contributed by atoms with van der Waals surface area (Å²) in [6.07, 6.45) is 8.97. The molecule has 18 nitrogen and oxygen atoms in total. The van der Waals surface area contributed by atoms with Gasteiger partial charge in [-0.05, 0) is 112 Å². The van der Waals surface area contributed by atoms with E-state index in [1.54, 1.807) is 18.6 Å². The SMILES string of the molecule is NCCCC[C@H]1NC(=O)[C@H](Cc2c[nH]c3ccccc23)NC(=O)[C@@H](CCCCN)NC(=O)[C@H](Cc2c[nH]c3ccccc23)NC(=O)[C@@H](CCCCN)NC(=O)[C@H](Cc2c[nH]c3ccccc23)NC1=O. The zero-order valence-electron chi connectivity index (χ0n) is 38.9. The number of unbranched alkanes of at least 4 members (excludes halogenated alkanes) is 3. The largest absolute Gasteiger partial charge is 0.361 e. The maximum atomic E-state index is 14.7. The molecule has 6 atom stereocenters. The van der Waals surface area contributed by atoms with Gasteiger partial charge < -0.3 is 64.1 Å². The van der Waals surface area contributed by atoms with Crippen molar-refractivity contribution in [1.29, 1.82) is 0 Å². The van der Waals surface area contributed by atoms with Crippen LogP contribution < -0.4 is 49.1 Å². The Labute approximate surface area is 400 Å². The monoisotopic (exact) mass is 943 g/mol. The maximum Gasteiger partial charge on any atom is 0.243 e.